The molecule has 82 valence electrons. The van der Waals surface area contributed by atoms with Gasteiger partial charge in [0.15, 0.2) is 0 Å². The quantitative estimate of drug-likeness (QED) is 0.837. The van der Waals surface area contributed by atoms with Crippen LogP contribution in [0.4, 0.5) is 0 Å². The lowest BCUT2D eigenvalue weighted by Gasteiger charge is -2.28. The summed E-state index contributed by atoms with van der Waals surface area (Å²) < 4.78 is 5.23. The Bertz CT molecular complexity index is 351. The van der Waals surface area contributed by atoms with Crippen LogP contribution >= 0.6 is 11.8 Å². The summed E-state index contributed by atoms with van der Waals surface area (Å²) in [6.45, 7) is 2.09. The zero-order valence-corrected chi connectivity index (χ0v) is 10.0. The van der Waals surface area contributed by atoms with Crippen LogP contribution < -0.4 is 10.5 Å². The standard InChI is InChI=1S/C12H17NOS/c1-8(13)10-5-6-15-12-7-9(14-2)3-4-11(10)12/h3-4,7-8,10H,5-6,13H2,1-2H3. The molecule has 0 amide bonds. The summed E-state index contributed by atoms with van der Waals surface area (Å²) in [6, 6.07) is 6.54. The van der Waals surface area contributed by atoms with Gasteiger partial charge in [0.05, 0.1) is 7.11 Å². The maximum absolute atomic E-state index is 6.01. The Kier molecular flexibility index (Phi) is 3.22. The van der Waals surface area contributed by atoms with E-state index < -0.39 is 0 Å². The van der Waals surface area contributed by atoms with Gasteiger partial charge in [-0.2, -0.15) is 0 Å². The summed E-state index contributed by atoms with van der Waals surface area (Å²) in [5.74, 6) is 2.60. The molecule has 0 fully saturated rings. The molecule has 2 N–H and O–H groups in total. The van der Waals surface area contributed by atoms with Crippen molar-refractivity contribution in [3.8, 4) is 5.75 Å². The minimum atomic E-state index is 0.234. The molecule has 1 aliphatic heterocycles. The normalized spacial score (nSPS) is 21.9. The number of nitrogens with two attached hydrogens (primary N) is 1. The van der Waals surface area contributed by atoms with Crippen LogP contribution in [0.3, 0.4) is 0 Å². The van der Waals surface area contributed by atoms with Crippen LogP contribution in [0.25, 0.3) is 0 Å². The van der Waals surface area contributed by atoms with E-state index in [-0.39, 0.29) is 6.04 Å². The molecule has 0 bridgehead atoms. The Balaban J connectivity index is 2.36. The minimum absolute atomic E-state index is 0.234. The highest BCUT2D eigenvalue weighted by Gasteiger charge is 2.23. The zero-order chi connectivity index (χ0) is 10.8. The van der Waals surface area contributed by atoms with Gasteiger partial charge in [0.25, 0.3) is 0 Å². The Morgan fingerprint density at radius 2 is 2.33 bits per heavy atom. The molecule has 2 nitrogen and oxygen atoms in total. The van der Waals surface area contributed by atoms with Crippen LogP contribution in [0.5, 0.6) is 5.75 Å². The van der Waals surface area contributed by atoms with Crippen molar-refractivity contribution in [1.29, 1.82) is 0 Å². The molecular formula is C12H17NOS. The highest BCUT2D eigenvalue weighted by molar-refractivity contribution is 7.99. The molecule has 15 heavy (non-hydrogen) atoms. The van der Waals surface area contributed by atoms with Gasteiger partial charge < -0.3 is 10.5 Å². The first-order valence-corrected chi connectivity index (χ1v) is 6.27. The molecule has 1 aliphatic rings. The number of rotatable bonds is 2. The van der Waals surface area contributed by atoms with Crippen molar-refractivity contribution in [3.63, 3.8) is 0 Å². The van der Waals surface area contributed by atoms with Crippen LogP contribution in [-0.4, -0.2) is 18.9 Å². The van der Waals surface area contributed by atoms with Crippen LogP contribution in [-0.2, 0) is 0 Å². The average Bonchev–Trinajstić information content (AvgIpc) is 2.27. The summed E-state index contributed by atoms with van der Waals surface area (Å²) in [4.78, 5) is 1.34. The monoisotopic (exact) mass is 223 g/mol. The van der Waals surface area contributed by atoms with Gasteiger partial charge in [-0.05, 0) is 36.8 Å². The van der Waals surface area contributed by atoms with Gasteiger partial charge in [-0.15, -0.1) is 11.8 Å². The number of hydrogen-bond donors (Lipinski definition) is 1. The molecular weight excluding hydrogens is 206 g/mol. The highest BCUT2D eigenvalue weighted by Crippen LogP contribution is 2.40. The summed E-state index contributed by atoms with van der Waals surface area (Å²) in [7, 11) is 1.71. The van der Waals surface area contributed by atoms with Crippen molar-refractivity contribution in [2.24, 2.45) is 5.73 Å². The second-order valence-corrected chi connectivity index (χ2v) is 5.14. The number of benzene rings is 1. The van der Waals surface area contributed by atoms with E-state index in [2.05, 4.69) is 19.1 Å². The van der Waals surface area contributed by atoms with Gasteiger partial charge in [-0.25, -0.2) is 0 Å². The Morgan fingerprint density at radius 3 is 3.00 bits per heavy atom. The van der Waals surface area contributed by atoms with Gasteiger partial charge in [-0.1, -0.05) is 6.07 Å². The lowest BCUT2D eigenvalue weighted by Crippen LogP contribution is -2.27. The van der Waals surface area contributed by atoms with Crippen molar-refractivity contribution in [2.45, 2.75) is 30.2 Å². The van der Waals surface area contributed by atoms with Crippen molar-refractivity contribution in [1.82, 2.24) is 0 Å². The second kappa shape index (κ2) is 4.45. The molecule has 1 aromatic rings. The third kappa shape index (κ3) is 2.13. The molecule has 0 saturated carbocycles. The van der Waals surface area contributed by atoms with Crippen LogP contribution in [0.15, 0.2) is 23.1 Å². The SMILES string of the molecule is COc1ccc2c(c1)SCCC2C(C)N. The molecule has 2 atom stereocenters. The van der Waals surface area contributed by atoms with Gasteiger partial charge in [-0.3, -0.25) is 0 Å². The van der Waals surface area contributed by atoms with Gasteiger partial charge in [0.2, 0.25) is 0 Å². The lowest BCUT2D eigenvalue weighted by atomic mass is 9.90. The molecule has 0 aromatic heterocycles. The first-order chi connectivity index (χ1) is 7.22. The number of hydrogen-bond acceptors (Lipinski definition) is 3. The van der Waals surface area contributed by atoms with Crippen LogP contribution in [0.1, 0.15) is 24.8 Å². The van der Waals surface area contributed by atoms with Crippen LogP contribution in [0, 0.1) is 0 Å². The van der Waals surface area contributed by atoms with E-state index in [4.69, 9.17) is 10.5 Å². The Hall–Kier alpha value is -0.670. The molecule has 1 heterocycles. The van der Waals surface area contributed by atoms with Crippen LogP contribution in [0.2, 0.25) is 0 Å². The Labute approximate surface area is 95.2 Å². The number of methoxy groups -OCH3 is 1. The molecule has 1 aromatic carbocycles. The fourth-order valence-electron chi connectivity index (χ4n) is 2.07. The van der Waals surface area contributed by atoms with Crippen molar-refractivity contribution >= 4 is 11.8 Å². The van der Waals surface area contributed by atoms with Crippen molar-refractivity contribution < 1.29 is 4.74 Å². The molecule has 2 unspecified atom stereocenters. The molecule has 2 rings (SSSR count). The van der Waals surface area contributed by atoms with E-state index in [9.17, 15) is 0 Å². The summed E-state index contributed by atoms with van der Waals surface area (Å²) in [5.41, 5.74) is 7.40. The summed E-state index contributed by atoms with van der Waals surface area (Å²) in [6.07, 6.45) is 1.18. The molecule has 0 aliphatic carbocycles. The van der Waals surface area contributed by atoms with Gasteiger partial charge in [0.1, 0.15) is 5.75 Å². The molecule has 0 spiro atoms. The lowest BCUT2D eigenvalue weighted by molar-refractivity contribution is 0.412. The third-order valence-electron chi connectivity index (χ3n) is 2.94. The molecule has 0 radical (unpaired) electrons. The van der Waals surface area contributed by atoms with E-state index >= 15 is 0 Å². The van der Waals surface area contributed by atoms with Crippen molar-refractivity contribution in [3.05, 3.63) is 23.8 Å². The topological polar surface area (TPSA) is 35.2 Å². The van der Waals surface area contributed by atoms with E-state index in [1.807, 2.05) is 17.8 Å². The van der Waals surface area contributed by atoms with E-state index in [1.165, 1.54) is 16.9 Å². The largest absolute Gasteiger partial charge is 0.497 e. The van der Waals surface area contributed by atoms with Gasteiger partial charge in [0, 0.05) is 16.9 Å². The molecule has 0 saturated heterocycles. The highest BCUT2D eigenvalue weighted by atomic mass is 32.2. The van der Waals surface area contributed by atoms with E-state index in [0.717, 1.165) is 11.5 Å². The summed E-state index contributed by atoms with van der Waals surface area (Å²) in [5, 5.41) is 0. The first kappa shape index (κ1) is 10.8. The Morgan fingerprint density at radius 1 is 1.53 bits per heavy atom. The number of fused-ring (bicyclic) bond motifs is 1. The second-order valence-electron chi connectivity index (χ2n) is 4.01. The fraction of sp³-hybridized carbons (Fsp3) is 0.500. The number of thioether (sulfide) groups is 1. The number of ether oxygens (including phenoxy) is 1. The maximum Gasteiger partial charge on any atom is 0.119 e. The van der Waals surface area contributed by atoms with E-state index in [0.29, 0.717) is 5.92 Å². The predicted molar refractivity (Wildman–Crippen MR) is 64.7 cm³/mol. The smallest absolute Gasteiger partial charge is 0.119 e. The fourth-order valence-corrected chi connectivity index (χ4v) is 3.25. The maximum atomic E-state index is 6.01. The average molecular weight is 223 g/mol. The zero-order valence-electron chi connectivity index (χ0n) is 9.19. The predicted octanol–water partition coefficient (Wildman–Crippen LogP) is 2.62. The minimum Gasteiger partial charge on any atom is -0.497 e. The van der Waals surface area contributed by atoms with E-state index in [1.54, 1.807) is 7.11 Å². The van der Waals surface area contributed by atoms with Crippen molar-refractivity contribution in [2.75, 3.05) is 12.9 Å². The third-order valence-corrected chi connectivity index (χ3v) is 4.05. The summed E-state index contributed by atoms with van der Waals surface area (Å²) >= 11 is 1.90. The molecule has 3 heteroatoms. The van der Waals surface area contributed by atoms with Gasteiger partial charge >= 0.3 is 0 Å². The first-order valence-electron chi connectivity index (χ1n) is 5.28.